The van der Waals surface area contributed by atoms with Crippen LogP contribution in [0.3, 0.4) is 0 Å². The van der Waals surface area contributed by atoms with Gasteiger partial charge in [-0.2, -0.15) is 0 Å². The summed E-state index contributed by atoms with van der Waals surface area (Å²) in [6.45, 7) is 4.43. The molecular weight excluding hydrogens is 193 g/mol. The van der Waals surface area contributed by atoms with E-state index in [4.69, 9.17) is 10.5 Å². The number of methoxy groups -OCH3 is 1. The number of nitrogens with two attached hydrogens (primary N) is 1. The van der Waals surface area contributed by atoms with Crippen LogP contribution in [0.25, 0.3) is 0 Å². The summed E-state index contributed by atoms with van der Waals surface area (Å²) in [6.07, 6.45) is 0.876. The quantitative estimate of drug-likeness (QED) is 0.830. The maximum absolute atomic E-state index is 13.3. The van der Waals surface area contributed by atoms with Crippen LogP contribution in [0.2, 0.25) is 0 Å². The number of hydrogen-bond acceptors (Lipinski definition) is 2. The second-order valence-electron chi connectivity index (χ2n) is 3.77. The Labute approximate surface area is 90.2 Å². The van der Waals surface area contributed by atoms with Crippen LogP contribution in [0.4, 0.5) is 4.39 Å². The van der Waals surface area contributed by atoms with Crippen molar-refractivity contribution in [2.24, 2.45) is 5.73 Å². The molecule has 2 nitrogen and oxygen atoms in total. The second-order valence-corrected chi connectivity index (χ2v) is 3.77. The molecule has 0 aliphatic carbocycles. The molecule has 1 aromatic carbocycles. The van der Waals surface area contributed by atoms with Crippen molar-refractivity contribution in [1.82, 2.24) is 0 Å². The minimum Gasteiger partial charge on any atom is -0.496 e. The van der Waals surface area contributed by atoms with Gasteiger partial charge in [-0.15, -0.1) is 0 Å². The number of hydrogen-bond donors (Lipinski definition) is 1. The first-order chi connectivity index (χ1) is 7.11. The molecule has 0 bridgehead atoms. The second kappa shape index (κ2) is 5.12. The summed E-state index contributed by atoms with van der Waals surface area (Å²) in [5.41, 5.74) is 7.11. The largest absolute Gasteiger partial charge is 0.496 e. The number of ether oxygens (including phenoxy) is 1. The zero-order valence-corrected chi connectivity index (χ0v) is 9.51. The first-order valence-electron chi connectivity index (χ1n) is 5.14. The predicted molar refractivity (Wildman–Crippen MR) is 59.8 cm³/mol. The lowest BCUT2D eigenvalue weighted by Gasteiger charge is -2.17. The fraction of sp³-hybridized carbons (Fsp3) is 0.500. The molecule has 0 saturated heterocycles. The molecule has 2 N–H and O–H groups in total. The molecule has 0 amide bonds. The van der Waals surface area contributed by atoms with Gasteiger partial charge >= 0.3 is 0 Å². The van der Waals surface area contributed by atoms with Crippen LogP contribution in [0.5, 0.6) is 5.75 Å². The zero-order valence-electron chi connectivity index (χ0n) is 9.51. The van der Waals surface area contributed by atoms with E-state index < -0.39 is 0 Å². The van der Waals surface area contributed by atoms with Crippen molar-refractivity contribution in [2.75, 3.05) is 13.7 Å². The molecule has 1 atom stereocenters. The maximum atomic E-state index is 13.3. The minimum atomic E-state index is -0.226. The van der Waals surface area contributed by atoms with Crippen LogP contribution in [-0.4, -0.2) is 13.7 Å². The summed E-state index contributed by atoms with van der Waals surface area (Å²) in [5, 5.41) is 0. The van der Waals surface area contributed by atoms with Crippen LogP contribution in [-0.2, 0) is 0 Å². The van der Waals surface area contributed by atoms with Crippen LogP contribution < -0.4 is 10.5 Å². The molecule has 0 aromatic heterocycles. The van der Waals surface area contributed by atoms with E-state index >= 15 is 0 Å². The lowest BCUT2D eigenvalue weighted by Crippen LogP contribution is -2.07. The van der Waals surface area contributed by atoms with Gasteiger partial charge in [0.05, 0.1) is 7.11 Å². The fourth-order valence-corrected chi connectivity index (χ4v) is 1.75. The van der Waals surface area contributed by atoms with Gasteiger partial charge in [-0.3, -0.25) is 0 Å². The van der Waals surface area contributed by atoms with E-state index in [1.54, 1.807) is 20.1 Å². The van der Waals surface area contributed by atoms with Gasteiger partial charge in [-0.05, 0) is 37.4 Å². The molecule has 0 aliphatic heterocycles. The van der Waals surface area contributed by atoms with Gasteiger partial charge in [-0.1, -0.05) is 13.0 Å². The van der Waals surface area contributed by atoms with Gasteiger partial charge in [0.25, 0.3) is 0 Å². The normalized spacial score (nSPS) is 12.6. The molecule has 15 heavy (non-hydrogen) atoms. The van der Waals surface area contributed by atoms with Crippen molar-refractivity contribution in [3.8, 4) is 5.75 Å². The van der Waals surface area contributed by atoms with E-state index in [1.807, 2.05) is 0 Å². The highest BCUT2D eigenvalue weighted by Crippen LogP contribution is 2.32. The molecule has 1 unspecified atom stereocenters. The summed E-state index contributed by atoms with van der Waals surface area (Å²) >= 11 is 0. The Kier molecular flexibility index (Phi) is 4.09. The van der Waals surface area contributed by atoms with Gasteiger partial charge in [0.1, 0.15) is 11.6 Å². The third-order valence-corrected chi connectivity index (χ3v) is 2.70. The first kappa shape index (κ1) is 12.0. The van der Waals surface area contributed by atoms with Gasteiger partial charge in [-0.25, -0.2) is 4.39 Å². The van der Waals surface area contributed by atoms with E-state index in [2.05, 4.69) is 6.92 Å². The third-order valence-electron chi connectivity index (χ3n) is 2.70. The Morgan fingerprint density at radius 1 is 1.47 bits per heavy atom. The van der Waals surface area contributed by atoms with E-state index in [-0.39, 0.29) is 5.82 Å². The molecule has 0 heterocycles. The van der Waals surface area contributed by atoms with E-state index in [1.165, 1.54) is 6.07 Å². The first-order valence-corrected chi connectivity index (χ1v) is 5.14. The van der Waals surface area contributed by atoms with Crippen LogP contribution >= 0.6 is 0 Å². The Balaban J connectivity index is 3.12. The summed E-state index contributed by atoms with van der Waals surface area (Å²) in [6, 6.07) is 3.27. The molecule has 0 aliphatic rings. The Bertz CT molecular complexity index is 339. The zero-order chi connectivity index (χ0) is 11.4. The van der Waals surface area contributed by atoms with E-state index in [9.17, 15) is 4.39 Å². The SMILES string of the molecule is COc1c(C(C)CCN)ccc(F)c1C. The summed E-state index contributed by atoms with van der Waals surface area (Å²) < 4.78 is 18.5. The fourth-order valence-electron chi connectivity index (χ4n) is 1.75. The van der Waals surface area contributed by atoms with Crippen molar-refractivity contribution in [3.63, 3.8) is 0 Å². The van der Waals surface area contributed by atoms with Crippen molar-refractivity contribution in [3.05, 3.63) is 29.1 Å². The maximum Gasteiger partial charge on any atom is 0.129 e. The third kappa shape index (κ3) is 2.48. The molecular formula is C12H18FNO. The lowest BCUT2D eigenvalue weighted by atomic mass is 9.95. The Morgan fingerprint density at radius 3 is 2.67 bits per heavy atom. The highest BCUT2D eigenvalue weighted by atomic mass is 19.1. The standard InChI is InChI=1S/C12H18FNO/c1-8(6-7-14)10-4-5-11(13)9(2)12(10)15-3/h4-5,8H,6-7,14H2,1-3H3. The van der Waals surface area contributed by atoms with Crippen molar-refractivity contribution >= 4 is 0 Å². The van der Waals surface area contributed by atoms with E-state index in [0.717, 1.165) is 12.0 Å². The smallest absolute Gasteiger partial charge is 0.129 e. The van der Waals surface area contributed by atoms with Gasteiger partial charge in [0, 0.05) is 5.56 Å². The van der Waals surface area contributed by atoms with Crippen LogP contribution in [0.15, 0.2) is 12.1 Å². The number of halogens is 1. The highest BCUT2D eigenvalue weighted by molar-refractivity contribution is 5.43. The van der Waals surface area contributed by atoms with Gasteiger partial charge < -0.3 is 10.5 Å². The molecule has 84 valence electrons. The monoisotopic (exact) mass is 211 g/mol. The number of rotatable bonds is 4. The topological polar surface area (TPSA) is 35.2 Å². The molecule has 1 aromatic rings. The average molecular weight is 211 g/mol. The Morgan fingerprint density at radius 2 is 2.13 bits per heavy atom. The van der Waals surface area contributed by atoms with Crippen molar-refractivity contribution in [2.45, 2.75) is 26.2 Å². The molecule has 0 radical (unpaired) electrons. The van der Waals surface area contributed by atoms with Gasteiger partial charge in [0.15, 0.2) is 0 Å². The van der Waals surface area contributed by atoms with Crippen molar-refractivity contribution < 1.29 is 9.13 Å². The highest BCUT2D eigenvalue weighted by Gasteiger charge is 2.15. The molecule has 1 rings (SSSR count). The van der Waals surface area contributed by atoms with Crippen LogP contribution in [0.1, 0.15) is 30.4 Å². The minimum absolute atomic E-state index is 0.226. The Hall–Kier alpha value is -1.09. The van der Waals surface area contributed by atoms with Gasteiger partial charge in [0.2, 0.25) is 0 Å². The number of benzene rings is 1. The molecule has 0 fully saturated rings. The molecule has 0 saturated carbocycles. The summed E-state index contributed by atoms with van der Waals surface area (Å²) in [7, 11) is 1.57. The lowest BCUT2D eigenvalue weighted by molar-refractivity contribution is 0.398. The predicted octanol–water partition coefficient (Wildman–Crippen LogP) is 2.60. The van der Waals surface area contributed by atoms with Crippen LogP contribution in [0, 0.1) is 12.7 Å². The van der Waals surface area contributed by atoms with Crippen molar-refractivity contribution in [1.29, 1.82) is 0 Å². The average Bonchev–Trinajstić information content (AvgIpc) is 2.22. The summed E-state index contributed by atoms with van der Waals surface area (Å²) in [5.74, 6) is 0.718. The molecule has 3 heteroatoms. The van der Waals surface area contributed by atoms with E-state index in [0.29, 0.717) is 23.8 Å². The summed E-state index contributed by atoms with van der Waals surface area (Å²) in [4.78, 5) is 0. The molecule has 0 spiro atoms.